The lowest BCUT2D eigenvalue weighted by Gasteiger charge is -2.47. The Bertz CT molecular complexity index is 1340. The summed E-state index contributed by atoms with van der Waals surface area (Å²) in [5.74, 6) is 0.901. The Hall–Kier alpha value is -3.59. The third-order valence-corrected chi connectivity index (χ3v) is 8.59. The Labute approximate surface area is 222 Å². The third kappa shape index (κ3) is 4.60. The lowest BCUT2D eigenvalue weighted by atomic mass is 9.87. The van der Waals surface area contributed by atoms with Gasteiger partial charge in [-0.05, 0) is 37.3 Å². The number of hydrogen-bond donors (Lipinski definition) is 1. The van der Waals surface area contributed by atoms with Crippen molar-refractivity contribution in [2.45, 2.75) is 63.1 Å². The molecule has 0 bridgehead atoms. The molecule has 6 rings (SSSR count). The number of nitrogens with zero attached hydrogens (tertiary/aromatic N) is 6. The van der Waals surface area contributed by atoms with Gasteiger partial charge in [-0.3, -0.25) is 14.2 Å². The Morgan fingerprint density at radius 2 is 1.84 bits per heavy atom. The van der Waals surface area contributed by atoms with Gasteiger partial charge in [0.05, 0.1) is 29.6 Å². The minimum absolute atomic E-state index is 0.114. The molecule has 38 heavy (non-hydrogen) atoms. The van der Waals surface area contributed by atoms with Crippen molar-refractivity contribution >= 4 is 11.9 Å². The number of rotatable bonds is 5. The normalized spacial score (nSPS) is 22.4. The number of anilines is 1. The SMILES string of the molecule is O=C(C1CCCCC1)N1CCC2(CCn3c(nc(-c4ccncn4)cc3=O)N2C[C@H](O)c2ccccc2)C1. The number of carbonyl (C=O) groups excluding carboxylic acids is 1. The number of amides is 1. The topological polar surface area (TPSA) is 104 Å². The zero-order chi connectivity index (χ0) is 26.1. The highest BCUT2D eigenvalue weighted by molar-refractivity contribution is 5.79. The molecule has 0 radical (unpaired) electrons. The van der Waals surface area contributed by atoms with E-state index in [4.69, 9.17) is 4.98 Å². The van der Waals surface area contributed by atoms with E-state index >= 15 is 0 Å². The van der Waals surface area contributed by atoms with E-state index in [2.05, 4.69) is 14.9 Å². The van der Waals surface area contributed by atoms with Crippen LogP contribution in [0.2, 0.25) is 0 Å². The smallest absolute Gasteiger partial charge is 0.255 e. The molecule has 1 aromatic carbocycles. The second-order valence-electron chi connectivity index (χ2n) is 10.9. The second kappa shape index (κ2) is 10.3. The van der Waals surface area contributed by atoms with E-state index in [0.717, 1.165) is 37.7 Å². The molecule has 3 aromatic rings. The van der Waals surface area contributed by atoms with Crippen LogP contribution in [0.15, 0.2) is 59.8 Å². The molecule has 1 amide bonds. The van der Waals surface area contributed by atoms with E-state index in [1.807, 2.05) is 35.2 Å². The van der Waals surface area contributed by atoms with Gasteiger partial charge in [-0.15, -0.1) is 0 Å². The van der Waals surface area contributed by atoms with Crippen molar-refractivity contribution in [2.75, 3.05) is 24.5 Å². The summed E-state index contributed by atoms with van der Waals surface area (Å²) in [5, 5.41) is 11.3. The maximum Gasteiger partial charge on any atom is 0.255 e. The molecule has 1 spiro atoms. The summed E-state index contributed by atoms with van der Waals surface area (Å²) >= 11 is 0. The zero-order valence-corrected chi connectivity index (χ0v) is 21.6. The summed E-state index contributed by atoms with van der Waals surface area (Å²) in [7, 11) is 0. The number of aromatic nitrogens is 4. The minimum Gasteiger partial charge on any atom is -0.387 e. The maximum atomic E-state index is 13.5. The van der Waals surface area contributed by atoms with Crippen LogP contribution in [0.25, 0.3) is 11.4 Å². The number of β-amino-alcohol motifs (C(OH)–C–C–N with tert-alkyl or cyclic N) is 1. The summed E-state index contributed by atoms with van der Waals surface area (Å²) < 4.78 is 1.69. The van der Waals surface area contributed by atoms with Gasteiger partial charge in [0, 0.05) is 37.8 Å². The van der Waals surface area contributed by atoms with Gasteiger partial charge in [-0.1, -0.05) is 49.6 Å². The van der Waals surface area contributed by atoms with E-state index in [1.165, 1.54) is 18.8 Å². The Morgan fingerprint density at radius 1 is 1.05 bits per heavy atom. The monoisotopic (exact) mass is 514 g/mol. The molecule has 2 atom stereocenters. The quantitative estimate of drug-likeness (QED) is 0.558. The van der Waals surface area contributed by atoms with Gasteiger partial charge in [0.15, 0.2) is 0 Å². The number of aliphatic hydroxyl groups is 1. The molecule has 3 aliphatic rings. The minimum atomic E-state index is -0.776. The van der Waals surface area contributed by atoms with Crippen LogP contribution in [-0.2, 0) is 11.3 Å². The molecular weight excluding hydrogens is 480 g/mol. The molecule has 1 unspecified atom stereocenters. The summed E-state index contributed by atoms with van der Waals surface area (Å²) in [6.45, 7) is 2.06. The van der Waals surface area contributed by atoms with Crippen LogP contribution in [0, 0.1) is 5.92 Å². The number of hydrogen-bond acceptors (Lipinski definition) is 7. The van der Waals surface area contributed by atoms with Crippen LogP contribution in [-0.4, -0.2) is 60.6 Å². The van der Waals surface area contributed by atoms with Gasteiger partial charge >= 0.3 is 0 Å². The molecule has 1 saturated heterocycles. The molecule has 9 heteroatoms. The van der Waals surface area contributed by atoms with Crippen LogP contribution in [0.5, 0.6) is 0 Å². The summed E-state index contributed by atoms with van der Waals surface area (Å²) in [5.41, 5.74) is 1.31. The average molecular weight is 515 g/mol. The molecule has 2 aromatic heterocycles. The van der Waals surface area contributed by atoms with Crippen molar-refractivity contribution in [3.8, 4) is 11.4 Å². The first-order chi connectivity index (χ1) is 18.5. The van der Waals surface area contributed by atoms with Gasteiger partial charge in [0.1, 0.15) is 6.33 Å². The summed E-state index contributed by atoms with van der Waals surface area (Å²) in [4.78, 5) is 44.1. The van der Waals surface area contributed by atoms with Gasteiger partial charge in [0.2, 0.25) is 11.9 Å². The number of carbonyl (C=O) groups is 1. The van der Waals surface area contributed by atoms with Gasteiger partial charge in [-0.25, -0.2) is 15.0 Å². The fraction of sp³-hybridized carbons (Fsp3) is 0.483. The average Bonchev–Trinajstić information content (AvgIpc) is 3.40. The third-order valence-electron chi connectivity index (χ3n) is 8.59. The molecular formula is C29H34N6O3. The van der Waals surface area contributed by atoms with Crippen LogP contribution in [0.3, 0.4) is 0 Å². The largest absolute Gasteiger partial charge is 0.387 e. The Balaban J connectivity index is 1.38. The lowest BCUT2D eigenvalue weighted by molar-refractivity contribution is -0.135. The fourth-order valence-corrected chi connectivity index (χ4v) is 6.46. The van der Waals surface area contributed by atoms with E-state index in [0.29, 0.717) is 43.4 Å². The fourth-order valence-electron chi connectivity index (χ4n) is 6.46. The van der Waals surface area contributed by atoms with Crippen molar-refractivity contribution in [1.82, 2.24) is 24.4 Å². The number of benzene rings is 1. The van der Waals surface area contributed by atoms with E-state index in [-0.39, 0.29) is 23.9 Å². The number of aliphatic hydroxyl groups excluding tert-OH is 1. The maximum absolute atomic E-state index is 13.5. The number of fused-ring (bicyclic) bond motifs is 1. The Kier molecular flexibility index (Phi) is 6.69. The van der Waals surface area contributed by atoms with Gasteiger partial charge in [-0.2, -0.15) is 0 Å². The van der Waals surface area contributed by atoms with Crippen molar-refractivity contribution < 1.29 is 9.90 Å². The van der Waals surface area contributed by atoms with Crippen molar-refractivity contribution in [1.29, 1.82) is 0 Å². The molecule has 198 valence electrons. The Morgan fingerprint density at radius 3 is 2.61 bits per heavy atom. The van der Waals surface area contributed by atoms with Crippen LogP contribution in [0.1, 0.15) is 56.6 Å². The van der Waals surface area contributed by atoms with Crippen molar-refractivity contribution in [2.24, 2.45) is 5.92 Å². The van der Waals surface area contributed by atoms with E-state index < -0.39 is 11.6 Å². The van der Waals surface area contributed by atoms with Crippen LogP contribution in [0.4, 0.5) is 5.95 Å². The predicted octanol–water partition coefficient (Wildman–Crippen LogP) is 3.20. The highest BCUT2D eigenvalue weighted by Gasteiger charge is 2.49. The first-order valence-corrected chi connectivity index (χ1v) is 13.7. The first-order valence-electron chi connectivity index (χ1n) is 13.7. The lowest BCUT2D eigenvalue weighted by Crippen LogP contribution is -2.58. The van der Waals surface area contributed by atoms with Crippen molar-refractivity contribution in [3.05, 3.63) is 70.9 Å². The summed E-state index contributed by atoms with van der Waals surface area (Å²) in [6, 6.07) is 12.8. The zero-order valence-electron chi connectivity index (χ0n) is 21.6. The highest BCUT2D eigenvalue weighted by atomic mass is 16.3. The number of likely N-dealkylation sites (tertiary alicyclic amines) is 1. The van der Waals surface area contributed by atoms with E-state index in [1.54, 1.807) is 16.8 Å². The van der Waals surface area contributed by atoms with Crippen LogP contribution < -0.4 is 10.5 Å². The molecule has 1 aliphatic carbocycles. The molecule has 2 fully saturated rings. The van der Waals surface area contributed by atoms with Gasteiger partial charge < -0.3 is 14.9 Å². The molecule has 4 heterocycles. The highest BCUT2D eigenvalue weighted by Crippen LogP contribution is 2.41. The second-order valence-corrected chi connectivity index (χ2v) is 10.9. The molecule has 2 aliphatic heterocycles. The van der Waals surface area contributed by atoms with Gasteiger partial charge in [0.25, 0.3) is 5.56 Å². The molecule has 9 nitrogen and oxygen atoms in total. The first kappa shape index (κ1) is 24.7. The molecule has 1 N–H and O–H groups in total. The van der Waals surface area contributed by atoms with Crippen molar-refractivity contribution in [3.63, 3.8) is 0 Å². The van der Waals surface area contributed by atoms with E-state index in [9.17, 15) is 14.7 Å². The molecule has 1 saturated carbocycles. The summed E-state index contributed by atoms with van der Waals surface area (Å²) in [6.07, 6.45) is 9.19. The van der Waals surface area contributed by atoms with Crippen LogP contribution >= 0.6 is 0 Å². The predicted molar refractivity (Wildman–Crippen MR) is 143 cm³/mol. The standard InChI is InChI=1S/C29H34N6O3/c36-25(21-7-3-1-4-8-21)18-35-28-32-24(23-11-14-30-20-31-23)17-26(37)34(28)16-13-29(35)12-15-33(19-29)27(38)22-9-5-2-6-10-22/h1,3-4,7-8,11,14,17,20,22,25,36H,2,5-6,9-10,12-13,15-16,18-19H2/t25-,29?/m0/s1.